The first-order chi connectivity index (χ1) is 10.2. The highest BCUT2D eigenvalue weighted by Gasteiger charge is 2.26. The van der Waals surface area contributed by atoms with Crippen LogP contribution < -0.4 is 0 Å². The average molecular weight is 325 g/mol. The molecule has 0 aliphatic rings. The summed E-state index contributed by atoms with van der Waals surface area (Å²) >= 11 is 0. The van der Waals surface area contributed by atoms with Gasteiger partial charge in [0.15, 0.2) is 9.84 Å². The Bertz CT molecular complexity index is 752. The van der Waals surface area contributed by atoms with Crippen molar-refractivity contribution in [1.82, 2.24) is 14.8 Å². The first kappa shape index (κ1) is 16.6. The zero-order valence-electron chi connectivity index (χ0n) is 13.1. The van der Waals surface area contributed by atoms with E-state index in [4.69, 9.17) is 0 Å². The van der Waals surface area contributed by atoms with Crippen molar-refractivity contribution in [3.05, 3.63) is 47.3 Å². The van der Waals surface area contributed by atoms with Crippen molar-refractivity contribution in [1.29, 1.82) is 0 Å². The summed E-state index contributed by atoms with van der Waals surface area (Å²) < 4.78 is 39.8. The molecule has 0 saturated heterocycles. The highest BCUT2D eigenvalue weighted by Crippen LogP contribution is 2.25. The molecule has 2 aromatic rings. The summed E-state index contributed by atoms with van der Waals surface area (Å²) in [4.78, 5) is 0. The van der Waals surface area contributed by atoms with Crippen LogP contribution in [0, 0.1) is 5.82 Å². The molecule has 22 heavy (non-hydrogen) atoms. The van der Waals surface area contributed by atoms with Crippen molar-refractivity contribution in [2.75, 3.05) is 0 Å². The maximum Gasteiger partial charge on any atom is 0.164 e. The standard InChI is InChI=1S/C15H20FN3O2S/c1-10(2)15-18-17-14(19(15)4)9-22(20,21)11(3)12-5-7-13(16)8-6-12/h5-8,10-11H,9H2,1-4H3/t11-/m0/s1. The van der Waals surface area contributed by atoms with Crippen LogP contribution in [-0.2, 0) is 22.6 Å². The molecule has 0 radical (unpaired) electrons. The molecular formula is C15H20FN3O2S. The smallest absolute Gasteiger partial charge is 0.164 e. The van der Waals surface area contributed by atoms with Gasteiger partial charge in [0.25, 0.3) is 0 Å². The van der Waals surface area contributed by atoms with Gasteiger partial charge in [-0.2, -0.15) is 0 Å². The Morgan fingerprint density at radius 1 is 1.14 bits per heavy atom. The number of benzene rings is 1. The van der Waals surface area contributed by atoms with Crippen LogP contribution in [0.25, 0.3) is 0 Å². The first-order valence-electron chi connectivity index (χ1n) is 7.07. The van der Waals surface area contributed by atoms with Crippen molar-refractivity contribution in [3.8, 4) is 0 Å². The molecule has 0 saturated carbocycles. The van der Waals surface area contributed by atoms with Gasteiger partial charge in [-0.05, 0) is 24.6 Å². The number of aromatic nitrogens is 3. The molecule has 1 atom stereocenters. The van der Waals surface area contributed by atoms with Crippen molar-refractivity contribution < 1.29 is 12.8 Å². The summed E-state index contributed by atoms with van der Waals surface area (Å²) in [5.74, 6) is 0.755. The van der Waals surface area contributed by atoms with Crippen molar-refractivity contribution in [3.63, 3.8) is 0 Å². The largest absolute Gasteiger partial charge is 0.317 e. The number of hydrogen-bond acceptors (Lipinski definition) is 4. The average Bonchev–Trinajstić information content (AvgIpc) is 2.80. The van der Waals surface area contributed by atoms with Gasteiger partial charge in [-0.3, -0.25) is 0 Å². The summed E-state index contributed by atoms with van der Waals surface area (Å²) in [5, 5.41) is 7.30. The Morgan fingerprint density at radius 2 is 1.73 bits per heavy atom. The lowest BCUT2D eigenvalue weighted by atomic mass is 10.2. The third kappa shape index (κ3) is 3.35. The summed E-state index contributed by atoms with van der Waals surface area (Å²) in [6.45, 7) is 5.55. The third-order valence-electron chi connectivity index (χ3n) is 3.72. The van der Waals surface area contributed by atoms with Crippen molar-refractivity contribution in [2.45, 2.75) is 37.7 Å². The zero-order valence-corrected chi connectivity index (χ0v) is 13.9. The van der Waals surface area contributed by atoms with E-state index in [9.17, 15) is 12.8 Å². The summed E-state index contributed by atoms with van der Waals surface area (Å²) in [6.07, 6.45) is 0. The second kappa shape index (κ2) is 6.16. The third-order valence-corrected chi connectivity index (χ3v) is 5.73. The topological polar surface area (TPSA) is 64.8 Å². The Balaban J connectivity index is 2.26. The molecular weight excluding hydrogens is 305 g/mol. The number of rotatable bonds is 5. The van der Waals surface area contributed by atoms with Gasteiger partial charge in [0.05, 0.1) is 5.25 Å². The van der Waals surface area contributed by atoms with Crippen LogP contribution in [0.5, 0.6) is 0 Å². The molecule has 0 aliphatic heterocycles. The number of nitrogens with zero attached hydrogens (tertiary/aromatic N) is 3. The molecule has 0 unspecified atom stereocenters. The molecule has 0 aliphatic carbocycles. The zero-order chi connectivity index (χ0) is 16.5. The second-order valence-corrected chi connectivity index (χ2v) is 8.01. The summed E-state index contributed by atoms with van der Waals surface area (Å²) in [7, 11) is -1.69. The van der Waals surface area contributed by atoms with E-state index < -0.39 is 15.1 Å². The van der Waals surface area contributed by atoms with E-state index in [1.54, 1.807) is 18.5 Å². The molecule has 1 aromatic carbocycles. The normalized spacial score (nSPS) is 13.5. The van der Waals surface area contributed by atoms with Gasteiger partial charge in [-0.25, -0.2) is 12.8 Å². The van der Waals surface area contributed by atoms with E-state index in [1.807, 2.05) is 13.8 Å². The minimum absolute atomic E-state index is 0.170. The van der Waals surface area contributed by atoms with Crippen LogP contribution in [0.15, 0.2) is 24.3 Å². The van der Waals surface area contributed by atoms with Crippen LogP contribution in [-0.4, -0.2) is 23.2 Å². The number of hydrogen-bond donors (Lipinski definition) is 0. The van der Waals surface area contributed by atoms with Crippen LogP contribution in [0.1, 0.15) is 49.2 Å². The van der Waals surface area contributed by atoms with E-state index in [0.717, 1.165) is 5.82 Å². The Kier molecular flexibility index (Phi) is 4.65. The maximum absolute atomic E-state index is 13.0. The Hall–Kier alpha value is -1.76. The molecule has 0 N–H and O–H groups in total. The van der Waals surface area contributed by atoms with E-state index in [1.165, 1.54) is 24.3 Å². The van der Waals surface area contributed by atoms with Gasteiger partial charge >= 0.3 is 0 Å². The second-order valence-electron chi connectivity index (χ2n) is 5.69. The van der Waals surface area contributed by atoms with Gasteiger partial charge < -0.3 is 4.57 Å². The van der Waals surface area contributed by atoms with E-state index in [0.29, 0.717) is 11.4 Å². The lowest BCUT2D eigenvalue weighted by Crippen LogP contribution is -2.16. The van der Waals surface area contributed by atoms with Crippen molar-refractivity contribution >= 4 is 9.84 Å². The van der Waals surface area contributed by atoms with E-state index in [2.05, 4.69) is 10.2 Å². The van der Waals surface area contributed by atoms with E-state index in [-0.39, 0.29) is 17.5 Å². The molecule has 1 aromatic heterocycles. The molecule has 0 spiro atoms. The van der Waals surface area contributed by atoms with Crippen LogP contribution in [0.4, 0.5) is 4.39 Å². The first-order valence-corrected chi connectivity index (χ1v) is 8.79. The fourth-order valence-corrected chi connectivity index (χ4v) is 3.68. The van der Waals surface area contributed by atoms with Gasteiger partial charge in [0, 0.05) is 13.0 Å². The number of halogens is 1. The molecule has 0 bridgehead atoms. The predicted octanol–water partition coefficient (Wildman–Crippen LogP) is 2.75. The molecule has 120 valence electrons. The van der Waals surface area contributed by atoms with Gasteiger partial charge in [-0.1, -0.05) is 26.0 Å². The quantitative estimate of drug-likeness (QED) is 0.848. The molecule has 7 heteroatoms. The lowest BCUT2D eigenvalue weighted by Gasteiger charge is -2.13. The van der Waals surface area contributed by atoms with Crippen LogP contribution in [0.2, 0.25) is 0 Å². The van der Waals surface area contributed by atoms with Crippen LogP contribution >= 0.6 is 0 Å². The van der Waals surface area contributed by atoms with Gasteiger partial charge in [0.2, 0.25) is 0 Å². The Labute approximate surface area is 130 Å². The van der Waals surface area contributed by atoms with Crippen LogP contribution in [0.3, 0.4) is 0 Å². The highest BCUT2D eigenvalue weighted by atomic mass is 32.2. The summed E-state index contributed by atoms with van der Waals surface area (Å²) in [6, 6.07) is 5.52. The predicted molar refractivity (Wildman–Crippen MR) is 82.5 cm³/mol. The monoisotopic (exact) mass is 325 g/mol. The maximum atomic E-state index is 13.0. The lowest BCUT2D eigenvalue weighted by molar-refractivity contribution is 0.581. The van der Waals surface area contributed by atoms with Gasteiger partial charge in [-0.15, -0.1) is 10.2 Å². The Morgan fingerprint density at radius 3 is 2.23 bits per heavy atom. The SMILES string of the molecule is CC(C)c1nnc(CS(=O)(=O)[C@@H](C)c2ccc(F)cc2)n1C. The molecule has 0 amide bonds. The highest BCUT2D eigenvalue weighted by molar-refractivity contribution is 7.90. The molecule has 5 nitrogen and oxygen atoms in total. The number of sulfone groups is 1. The molecule has 0 fully saturated rings. The fourth-order valence-electron chi connectivity index (χ4n) is 2.25. The fraction of sp³-hybridized carbons (Fsp3) is 0.467. The minimum Gasteiger partial charge on any atom is -0.317 e. The molecule has 1 heterocycles. The summed E-state index contributed by atoms with van der Waals surface area (Å²) in [5.41, 5.74) is 0.563. The van der Waals surface area contributed by atoms with Crippen molar-refractivity contribution in [2.24, 2.45) is 7.05 Å². The van der Waals surface area contributed by atoms with Gasteiger partial charge in [0.1, 0.15) is 23.2 Å². The molecule has 2 rings (SSSR count). The minimum atomic E-state index is -3.46. The van der Waals surface area contributed by atoms with E-state index >= 15 is 0 Å².